The van der Waals surface area contributed by atoms with Crippen LogP contribution in [0.15, 0.2) is 30.6 Å². The van der Waals surface area contributed by atoms with Gasteiger partial charge in [-0.3, -0.25) is 0 Å². The molecule has 122 valence electrons. The van der Waals surface area contributed by atoms with Crippen molar-refractivity contribution in [1.82, 2.24) is 0 Å². The lowest BCUT2D eigenvalue weighted by Crippen LogP contribution is -2.07. The normalized spacial score (nSPS) is 11.7. The van der Waals surface area contributed by atoms with E-state index >= 15 is 0 Å². The topological polar surface area (TPSA) is 140 Å². The molecule has 0 aliphatic rings. The molecule has 0 spiro atoms. The second-order valence-corrected chi connectivity index (χ2v) is 5.00. The Bertz CT molecular complexity index is 1230. The lowest BCUT2D eigenvalue weighted by molar-refractivity contribution is -0.178. The summed E-state index contributed by atoms with van der Waals surface area (Å²) in [6, 6.07) is 2.05. The third kappa shape index (κ3) is 1.61. The van der Waals surface area contributed by atoms with E-state index < -0.39 is 28.5 Å². The lowest BCUT2D eigenvalue weighted by Gasteiger charge is -2.12. The number of aromatic hydroxyl groups is 3. The summed E-state index contributed by atoms with van der Waals surface area (Å²) >= 11 is 0. The molecule has 0 amide bonds. The summed E-state index contributed by atoms with van der Waals surface area (Å²) in [6.45, 7) is 0. The summed E-state index contributed by atoms with van der Waals surface area (Å²) in [5.41, 5.74) is -2.45. The molecular weight excluding hydrogens is 324 g/mol. The van der Waals surface area contributed by atoms with Crippen molar-refractivity contribution in [3.63, 3.8) is 0 Å². The van der Waals surface area contributed by atoms with E-state index in [0.717, 1.165) is 12.1 Å². The molecule has 4 rings (SSSR count). The lowest BCUT2D eigenvalue weighted by atomic mass is 10.0. The van der Waals surface area contributed by atoms with Crippen molar-refractivity contribution in [2.45, 2.75) is 0 Å². The molecule has 0 saturated carbocycles. The molecule has 0 radical (unpaired) electrons. The van der Waals surface area contributed by atoms with Crippen LogP contribution < -0.4 is 16.1 Å². The van der Waals surface area contributed by atoms with Gasteiger partial charge in [0.05, 0.1) is 17.9 Å². The third-order valence-electron chi connectivity index (χ3n) is 3.70. The molecule has 0 aliphatic carbocycles. The monoisotopic (exact) mass is 332 g/mol. The van der Waals surface area contributed by atoms with Crippen molar-refractivity contribution in [2.24, 2.45) is 0 Å². The Morgan fingerprint density at radius 3 is 2.04 bits per heavy atom. The standard InChI is InChI=1S/C15H8O9/c1-21-24-11-7(17)3-5-9-8-4(15(20)23-13(9)11)2-6(16)10(18)12(8)22-14(5)19/h2-3,16-18H,1H3. The molecule has 9 heteroatoms. The molecule has 2 heterocycles. The van der Waals surface area contributed by atoms with Crippen LogP contribution in [0.5, 0.6) is 23.0 Å². The van der Waals surface area contributed by atoms with Gasteiger partial charge >= 0.3 is 11.3 Å². The molecule has 0 bridgehead atoms. The molecule has 24 heavy (non-hydrogen) atoms. The summed E-state index contributed by atoms with van der Waals surface area (Å²) < 4.78 is 10.1. The molecule has 0 unspecified atom stereocenters. The van der Waals surface area contributed by atoms with E-state index in [9.17, 15) is 24.9 Å². The van der Waals surface area contributed by atoms with Gasteiger partial charge in [-0.2, -0.15) is 4.89 Å². The second-order valence-electron chi connectivity index (χ2n) is 5.00. The maximum absolute atomic E-state index is 12.2. The Balaban J connectivity index is 2.44. The van der Waals surface area contributed by atoms with Gasteiger partial charge in [0.15, 0.2) is 22.7 Å². The quantitative estimate of drug-likeness (QED) is 0.164. The Kier molecular flexibility index (Phi) is 2.67. The average molecular weight is 332 g/mol. The second kappa shape index (κ2) is 4.52. The Morgan fingerprint density at radius 1 is 0.875 bits per heavy atom. The van der Waals surface area contributed by atoms with E-state index in [2.05, 4.69) is 4.89 Å². The van der Waals surface area contributed by atoms with Crippen LogP contribution in [0.3, 0.4) is 0 Å². The van der Waals surface area contributed by atoms with Crippen LogP contribution in [-0.4, -0.2) is 22.4 Å². The molecular formula is C15H8O9. The van der Waals surface area contributed by atoms with Crippen LogP contribution in [0.1, 0.15) is 0 Å². The van der Waals surface area contributed by atoms with Gasteiger partial charge in [0.2, 0.25) is 11.5 Å². The fourth-order valence-electron chi connectivity index (χ4n) is 2.74. The molecule has 2 aromatic carbocycles. The predicted octanol–water partition coefficient (Wildman–Crippen LogP) is 1.55. The smallest absolute Gasteiger partial charge is 0.344 e. The predicted molar refractivity (Wildman–Crippen MR) is 79.8 cm³/mol. The zero-order chi connectivity index (χ0) is 17.2. The molecule has 0 atom stereocenters. The zero-order valence-corrected chi connectivity index (χ0v) is 11.9. The zero-order valence-electron chi connectivity index (χ0n) is 11.9. The van der Waals surface area contributed by atoms with Gasteiger partial charge in [-0.1, -0.05) is 0 Å². The first kappa shape index (κ1) is 14.2. The number of phenolic OH excluding ortho intramolecular Hbond substituents is 3. The van der Waals surface area contributed by atoms with Crippen LogP contribution in [0.25, 0.3) is 32.7 Å². The SMILES string of the molecule is COOc1c(O)cc2c(=O)oc3c(O)c(O)cc4c(=O)oc1c2c34. The van der Waals surface area contributed by atoms with Crippen LogP contribution >= 0.6 is 0 Å². The van der Waals surface area contributed by atoms with Gasteiger partial charge in [0, 0.05) is 10.8 Å². The van der Waals surface area contributed by atoms with Crippen molar-refractivity contribution in [2.75, 3.05) is 7.11 Å². The summed E-state index contributed by atoms with van der Waals surface area (Å²) in [6.07, 6.45) is 0. The van der Waals surface area contributed by atoms with E-state index in [4.69, 9.17) is 13.7 Å². The van der Waals surface area contributed by atoms with Crippen molar-refractivity contribution in [3.05, 3.63) is 33.0 Å². The van der Waals surface area contributed by atoms with E-state index in [0.29, 0.717) is 0 Å². The molecule has 3 N–H and O–H groups in total. The maximum Gasteiger partial charge on any atom is 0.344 e. The minimum absolute atomic E-state index is 0.0482. The first-order valence-corrected chi connectivity index (χ1v) is 6.58. The van der Waals surface area contributed by atoms with Crippen LogP contribution in [-0.2, 0) is 4.89 Å². The first-order valence-electron chi connectivity index (χ1n) is 6.58. The summed E-state index contributed by atoms with van der Waals surface area (Å²) in [5, 5.41) is 29.6. The third-order valence-corrected chi connectivity index (χ3v) is 3.70. The fourth-order valence-corrected chi connectivity index (χ4v) is 2.74. The summed E-state index contributed by atoms with van der Waals surface area (Å²) in [4.78, 5) is 33.7. The van der Waals surface area contributed by atoms with Crippen molar-refractivity contribution < 1.29 is 33.9 Å². The van der Waals surface area contributed by atoms with E-state index in [1.165, 1.54) is 7.11 Å². The first-order chi connectivity index (χ1) is 11.4. The Morgan fingerprint density at radius 2 is 1.42 bits per heavy atom. The molecule has 2 aromatic heterocycles. The highest BCUT2D eigenvalue weighted by atomic mass is 17.2. The van der Waals surface area contributed by atoms with Gasteiger partial charge in [-0.15, -0.1) is 0 Å². The van der Waals surface area contributed by atoms with Gasteiger partial charge in [-0.05, 0) is 12.1 Å². The van der Waals surface area contributed by atoms with E-state index in [1.54, 1.807) is 0 Å². The minimum atomic E-state index is -0.914. The number of phenols is 3. The Labute approximate surface area is 130 Å². The highest BCUT2D eigenvalue weighted by molar-refractivity contribution is 6.22. The summed E-state index contributed by atoms with van der Waals surface area (Å²) in [7, 11) is 1.17. The fraction of sp³-hybridized carbons (Fsp3) is 0.0667. The van der Waals surface area contributed by atoms with Crippen LogP contribution in [0.2, 0.25) is 0 Å². The number of benzene rings is 2. The minimum Gasteiger partial charge on any atom is -0.504 e. The highest BCUT2D eigenvalue weighted by Gasteiger charge is 2.26. The highest BCUT2D eigenvalue weighted by Crippen LogP contribution is 2.44. The van der Waals surface area contributed by atoms with Gasteiger partial charge in [0.1, 0.15) is 0 Å². The number of rotatable bonds is 2. The van der Waals surface area contributed by atoms with E-state index in [-0.39, 0.29) is 38.5 Å². The van der Waals surface area contributed by atoms with Crippen molar-refractivity contribution in [3.8, 4) is 23.0 Å². The molecule has 0 saturated heterocycles. The summed E-state index contributed by atoms with van der Waals surface area (Å²) in [5.74, 6) is -2.17. The molecule has 0 fully saturated rings. The Hall–Kier alpha value is -3.46. The average Bonchev–Trinajstić information content (AvgIpc) is 2.54. The largest absolute Gasteiger partial charge is 0.504 e. The molecule has 4 aromatic rings. The van der Waals surface area contributed by atoms with Crippen molar-refractivity contribution in [1.29, 1.82) is 0 Å². The van der Waals surface area contributed by atoms with Crippen molar-refractivity contribution >= 4 is 32.7 Å². The van der Waals surface area contributed by atoms with Gasteiger partial charge < -0.3 is 29.0 Å². The maximum atomic E-state index is 12.2. The van der Waals surface area contributed by atoms with Crippen LogP contribution in [0, 0.1) is 0 Å². The van der Waals surface area contributed by atoms with Crippen LogP contribution in [0.4, 0.5) is 0 Å². The van der Waals surface area contributed by atoms with E-state index in [1.807, 2.05) is 0 Å². The number of hydrogen-bond donors (Lipinski definition) is 3. The van der Waals surface area contributed by atoms with Gasteiger partial charge in [0.25, 0.3) is 0 Å². The molecule has 0 aliphatic heterocycles. The van der Waals surface area contributed by atoms with Gasteiger partial charge in [-0.25, -0.2) is 9.59 Å². The number of hydrogen-bond acceptors (Lipinski definition) is 9. The molecule has 9 nitrogen and oxygen atoms in total.